The van der Waals surface area contributed by atoms with E-state index in [-0.39, 0.29) is 11.8 Å². The second kappa shape index (κ2) is 11.3. The highest BCUT2D eigenvalue weighted by Gasteiger charge is 2.26. The lowest BCUT2D eigenvalue weighted by atomic mass is 9.95. The van der Waals surface area contributed by atoms with Gasteiger partial charge in [0, 0.05) is 35.6 Å². The van der Waals surface area contributed by atoms with E-state index in [2.05, 4.69) is 15.5 Å². The van der Waals surface area contributed by atoms with Crippen LogP contribution in [0, 0.1) is 12.8 Å². The molecule has 2 aromatic rings. The van der Waals surface area contributed by atoms with Crippen LogP contribution in [-0.4, -0.2) is 48.0 Å². The molecule has 174 valence electrons. The van der Waals surface area contributed by atoms with Crippen molar-refractivity contribution in [2.45, 2.75) is 64.5 Å². The lowest BCUT2D eigenvalue weighted by molar-refractivity contribution is -0.126. The second-order valence-corrected chi connectivity index (χ2v) is 9.60. The number of piperidine rings is 1. The van der Waals surface area contributed by atoms with Crippen molar-refractivity contribution in [3.05, 3.63) is 40.7 Å². The molecule has 4 rings (SSSR count). The van der Waals surface area contributed by atoms with E-state index < -0.39 is 0 Å². The molecule has 0 aliphatic carbocycles. The van der Waals surface area contributed by atoms with E-state index in [0.29, 0.717) is 17.0 Å². The molecule has 2 saturated heterocycles. The molecule has 32 heavy (non-hydrogen) atoms. The van der Waals surface area contributed by atoms with E-state index >= 15 is 0 Å². The summed E-state index contributed by atoms with van der Waals surface area (Å²) in [6.07, 6.45) is 7.96. The fourth-order valence-corrected chi connectivity index (χ4v) is 4.84. The Morgan fingerprint density at radius 1 is 1.19 bits per heavy atom. The van der Waals surface area contributed by atoms with Gasteiger partial charge in [-0.05, 0) is 82.9 Å². The number of nitrogens with one attached hydrogen (secondary N) is 2. The molecule has 0 spiro atoms. The lowest BCUT2D eigenvalue weighted by Gasteiger charge is -2.30. The van der Waals surface area contributed by atoms with Gasteiger partial charge in [0.25, 0.3) is 0 Å². The maximum Gasteiger partial charge on any atom is 0.226 e. The molecule has 1 unspecified atom stereocenters. The van der Waals surface area contributed by atoms with Gasteiger partial charge < -0.3 is 15.1 Å². The minimum Gasteiger partial charge on any atom is -0.441 e. The molecule has 2 N–H and O–H groups in total. The van der Waals surface area contributed by atoms with Crippen LogP contribution in [0.3, 0.4) is 0 Å². The number of aromatic nitrogens is 1. The number of amides is 1. The zero-order chi connectivity index (χ0) is 22.3. The number of hydrogen-bond acceptors (Lipinski definition) is 5. The summed E-state index contributed by atoms with van der Waals surface area (Å²) >= 11 is 5.98. The molecule has 1 atom stereocenters. The third-order valence-corrected chi connectivity index (χ3v) is 7.02. The first-order valence-electron chi connectivity index (χ1n) is 12.0. The van der Waals surface area contributed by atoms with Crippen molar-refractivity contribution in [1.82, 2.24) is 20.5 Å². The van der Waals surface area contributed by atoms with Crippen molar-refractivity contribution in [3.63, 3.8) is 0 Å². The maximum atomic E-state index is 12.6. The smallest absolute Gasteiger partial charge is 0.226 e. The largest absolute Gasteiger partial charge is 0.441 e. The maximum absolute atomic E-state index is 12.6. The van der Waals surface area contributed by atoms with Gasteiger partial charge in [-0.3, -0.25) is 9.69 Å². The van der Waals surface area contributed by atoms with Crippen molar-refractivity contribution in [2.75, 3.05) is 26.2 Å². The van der Waals surface area contributed by atoms with Crippen molar-refractivity contribution >= 4 is 17.5 Å². The van der Waals surface area contributed by atoms with E-state index in [1.165, 1.54) is 25.7 Å². The first-order chi connectivity index (χ1) is 15.6. The minimum absolute atomic E-state index is 0.122. The predicted octanol–water partition coefficient (Wildman–Crippen LogP) is 4.55. The number of likely N-dealkylation sites (tertiary alicyclic amines) is 1. The summed E-state index contributed by atoms with van der Waals surface area (Å²) in [4.78, 5) is 19.7. The van der Waals surface area contributed by atoms with Crippen LogP contribution < -0.4 is 10.6 Å². The zero-order valence-corrected chi connectivity index (χ0v) is 19.8. The van der Waals surface area contributed by atoms with Crippen LogP contribution >= 0.6 is 11.6 Å². The van der Waals surface area contributed by atoms with Gasteiger partial charge >= 0.3 is 0 Å². The van der Waals surface area contributed by atoms with E-state index in [4.69, 9.17) is 21.0 Å². The molecule has 0 saturated carbocycles. The fraction of sp³-hybridized carbons (Fsp3) is 0.600. The van der Waals surface area contributed by atoms with E-state index in [0.717, 1.165) is 69.0 Å². The number of aryl methyl sites for hydroxylation is 1. The van der Waals surface area contributed by atoms with Crippen LogP contribution in [-0.2, 0) is 11.3 Å². The van der Waals surface area contributed by atoms with Gasteiger partial charge in [0.1, 0.15) is 5.76 Å². The minimum atomic E-state index is 0.122. The topological polar surface area (TPSA) is 70.4 Å². The number of carbonyl (C=O) groups is 1. The standard InChI is InChI=1S/C25H35ClN4O2/c1-18-23(29-25(32-18)20-6-8-21(26)9-7-20)17-30-15-11-19(12-16-30)24(31)28-14-10-22-5-3-2-4-13-27-22/h6-9,19,22,27H,2-5,10-17H2,1H3,(H,28,31). The Morgan fingerprint density at radius 2 is 1.97 bits per heavy atom. The van der Waals surface area contributed by atoms with Crippen molar-refractivity contribution in [3.8, 4) is 11.5 Å². The number of rotatable bonds is 7. The average Bonchev–Trinajstić information content (AvgIpc) is 2.99. The summed E-state index contributed by atoms with van der Waals surface area (Å²) in [6.45, 7) is 6.43. The quantitative estimate of drug-likeness (QED) is 0.636. The van der Waals surface area contributed by atoms with Crippen LogP contribution in [0.5, 0.6) is 0 Å². The monoisotopic (exact) mass is 458 g/mol. The fourth-order valence-electron chi connectivity index (χ4n) is 4.72. The third-order valence-electron chi connectivity index (χ3n) is 6.77. The lowest BCUT2D eigenvalue weighted by Crippen LogP contribution is -2.41. The predicted molar refractivity (Wildman–Crippen MR) is 128 cm³/mol. The SMILES string of the molecule is Cc1oc(-c2ccc(Cl)cc2)nc1CN1CCC(C(=O)NCCC2CCCCCN2)CC1. The summed E-state index contributed by atoms with van der Waals surface area (Å²) in [5.74, 6) is 1.82. The van der Waals surface area contributed by atoms with Gasteiger partial charge in [-0.15, -0.1) is 0 Å². The van der Waals surface area contributed by atoms with Crippen LogP contribution in [0.2, 0.25) is 5.02 Å². The number of benzene rings is 1. The van der Waals surface area contributed by atoms with E-state index in [1.807, 2.05) is 31.2 Å². The molecule has 3 heterocycles. The van der Waals surface area contributed by atoms with Crippen molar-refractivity contribution in [1.29, 1.82) is 0 Å². The highest BCUT2D eigenvalue weighted by atomic mass is 35.5. The van der Waals surface area contributed by atoms with Crippen LogP contribution in [0.15, 0.2) is 28.7 Å². The molecule has 0 bridgehead atoms. The molecule has 0 radical (unpaired) electrons. The summed E-state index contributed by atoms with van der Waals surface area (Å²) in [6, 6.07) is 8.10. The molecule has 7 heteroatoms. The molecule has 1 aromatic carbocycles. The Labute approximate surface area is 196 Å². The Kier molecular flexibility index (Phi) is 8.22. The van der Waals surface area contributed by atoms with Gasteiger partial charge in [0.15, 0.2) is 0 Å². The Balaban J connectivity index is 1.21. The zero-order valence-electron chi connectivity index (χ0n) is 19.0. The number of nitrogens with zero attached hydrogens (tertiary/aromatic N) is 2. The van der Waals surface area contributed by atoms with Crippen LogP contribution in [0.25, 0.3) is 11.5 Å². The third kappa shape index (κ3) is 6.33. The Hall–Kier alpha value is -1.89. The number of oxazole rings is 1. The molecule has 2 aliphatic rings. The van der Waals surface area contributed by atoms with E-state index in [9.17, 15) is 4.79 Å². The highest BCUT2D eigenvalue weighted by Crippen LogP contribution is 2.25. The summed E-state index contributed by atoms with van der Waals surface area (Å²) in [5.41, 5.74) is 1.90. The molecule has 1 amide bonds. The first kappa shape index (κ1) is 23.3. The Morgan fingerprint density at radius 3 is 2.75 bits per heavy atom. The number of hydrogen-bond donors (Lipinski definition) is 2. The van der Waals surface area contributed by atoms with Gasteiger partial charge in [-0.25, -0.2) is 4.98 Å². The van der Waals surface area contributed by atoms with Gasteiger partial charge in [0.05, 0.1) is 5.69 Å². The van der Waals surface area contributed by atoms with Crippen molar-refractivity contribution < 1.29 is 9.21 Å². The van der Waals surface area contributed by atoms with Crippen LogP contribution in [0.4, 0.5) is 0 Å². The van der Waals surface area contributed by atoms with Crippen molar-refractivity contribution in [2.24, 2.45) is 5.92 Å². The molecule has 6 nitrogen and oxygen atoms in total. The summed E-state index contributed by atoms with van der Waals surface area (Å²) in [7, 11) is 0. The van der Waals surface area contributed by atoms with E-state index in [1.54, 1.807) is 0 Å². The summed E-state index contributed by atoms with van der Waals surface area (Å²) in [5, 5.41) is 7.49. The molecular weight excluding hydrogens is 424 g/mol. The molecule has 2 aliphatic heterocycles. The highest BCUT2D eigenvalue weighted by molar-refractivity contribution is 6.30. The molecule has 1 aromatic heterocycles. The Bertz CT molecular complexity index is 867. The average molecular weight is 459 g/mol. The van der Waals surface area contributed by atoms with Gasteiger partial charge in [-0.1, -0.05) is 24.4 Å². The molecular formula is C25H35ClN4O2. The van der Waals surface area contributed by atoms with Gasteiger partial charge in [-0.2, -0.15) is 0 Å². The second-order valence-electron chi connectivity index (χ2n) is 9.16. The van der Waals surface area contributed by atoms with Crippen LogP contribution in [0.1, 0.15) is 56.4 Å². The summed E-state index contributed by atoms with van der Waals surface area (Å²) < 4.78 is 5.89. The van der Waals surface area contributed by atoms with Gasteiger partial charge in [0.2, 0.25) is 11.8 Å². The normalized spacial score (nSPS) is 20.8. The number of halogens is 1. The number of carbonyl (C=O) groups excluding carboxylic acids is 1. The first-order valence-corrected chi connectivity index (χ1v) is 12.4. The molecule has 2 fully saturated rings.